The molecule has 0 radical (unpaired) electrons. The van der Waals surface area contributed by atoms with E-state index in [9.17, 15) is 39.3 Å². The van der Waals surface area contributed by atoms with Crippen LogP contribution in [0.15, 0.2) is 80.9 Å². The molecule has 0 aromatic heterocycles. The molecule has 0 bridgehead atoms. The van der Waals surface area contributed by atoms with Gasteiger partial charge in [0.2, 0.25) is 0 Å². The highest BCUT2D eigenvalue weighted by molar-refractivity contribution is 7.94. The summed E-state index contributed by atoms with van der Waals surface area (Å²) in [5, 5.41) is 53.7. The number of hydrazone groups is 1. The minimum absolute atomic E-state index is 0.110. The number of carboxylic acid groups (broad SMARTS) is 3. The van der Waals surface area contributed by atoms with Crippen molar-refractivity contribution in [3.05, 3.63) is 77.4 Å². The summed E-state index contributed by atoms with van der Waals surface area (Å²) in [6.45, 7) is 1.01. The third-order valence-corrected chi connectivity index (χ3v) is 5.63. The van der Waals surface area contributed by atoms with Crippen molar-refractivity contribution in [2.75, 3.05) is 10.7 Å². The summed E-state index contributed by atoms with van der Waals surface area (Å²) in [5.41, 5.74) is 0.676. The van der Waals surface area contributed by atoms with Gasteiger partial charge in [0.15, 0.2) is 11.5 Å². The fourth-order valence-corrected chi connectivity index (χ4v) is 3.51. The number of nitrogens with one attached hydrogen (secondary N) is 2. The van der Waals surface area contributed by atoms with Gasteiger partial charge in [0.05, 0.1) is 45.8 Å². The molecule has 3 rings (SSSR count). The van der Waals surface area contributed by atoms with Crippen molar-refractivity contribution in [3.63, 3.8) is 0 Å². The Kier molecular flexibility index (Phi) is 10.5. The van der Waals surface area contributed by atoms with Gasteiger partial charge in [0, 0.05) is 17.5 Å². The molecule has 6 N–H and O–H groups in total. The molecule has 0 unspecified atom stereocenters. The second-order valence-electron chi connectivity index (χ2n) is 7.95. The Labute approximate surface area is 239 Å². The van der Waals surface area contributed by atoms with Gasteiger partial charge < -0.3 is 20.6 Å². The van der Waals surface area contributed by atoms with E-state index in [1.807, 2.05) is 0 Å². The van der Waals surface area contributed by atoms with Crippen LogP contribution in [0.4, 0.5) is 22.7 Å². The summed E-state index contributed by atoms with van der Waals surface area (Å²) in [4.78, 5) is 59.9. The van der Waals surface area contributed by atoms with Gasteiger partial charge in [-0.05, 0) is 60.7 Å². The zero-order valence-corrected chi connectivity index (χ0v) is 22.0. The number of aromatic carboxylic acids is 3. The van der Waals surface area contributed by atoms with Crippen molar-refractivity contribution in [1.29, 1.82) is 0 Å². The van der Waals surface area contributed by atoms with Crippen molar-refractivity contribution in [1.82, 2.24) is 0 Å². The van der Waals surface area contributed by atoms with E-state index in [0.717, 1.165) is 37.2 Å². The van der Waals surface area contributed by atoms with Crippen molar-refractivity contribution in [2.24, 2.45) is 15.3 Å². The van der Waals surface area contributed by atoms with Crippen LogP contribution in [0.1, 0.15) is 38.0 Å². The third-order valence-electron chi connectivity index (χ3n) is 5.03. The van der Waals surface area contributed by atoms with Gasteiger partial charge in [-0.3, -0.25) is 15.0 Å². The number of carbonyl (C=O) groups is 5. The predicted molar refractivity (Wildman–Crippen MR) is 145 cm³/mol. The number of benzene rings is 3. The molecule has 0 fully saturated rings. The first-order chi connectivity index (χ1) is 20.0. The average Bonchev–Trinajstić information content (AvgIpc) is 2.95. The highest BCUT2D eigenvalue weighted by Gasteiger charge is 2.20. The molecule has 0 heterocycles. The lowest BCUT2D eigenvalue weighted by Crippen LogP contribution is -2.29. The maximum Gasteiger partial charge on any atom is 0.337 e. The van der Waals surface area contributed by atoms with E-state index in [2.05, 4.69) is 35.4 Å². The zero-order valence-electron chi connectivity index (χ0n) is 21.2. The molecule has 0 spiro atoms. The van der Waals surface area contributed by atoms with Crippen molar-refractivity contribution in [2.45, 2.75) is 11.8 Å². The average molecular weight is 598 g/mol. The van der Waals surface area contributed by atoms with Crippen LogP contribution in [0.5, 0.6) is 0 Å². The van der Waals surface area contributed by atoms with E-state index in [0.29, 0.717) is 10.6 Å². The molecule has 0 saturated carbocycles. The molecule has 3 aromatic carbocycles. The summed E-state index contributed by atoms with van der Waals surface area (Å²) < 4.78 is 4.31. The number of anilines is 2. The van der Waals surface area contributed by atoms with Crippen molar-refractivity contribution >= 4 is 70.1 Å². The lowest BCUT2D eigenvalue weighted by atomic mass is 10.1. The van der Waals surface area contributed by atoms with Crippen LogP contribution in [-0.2, 0) is 19.0 Å². The lowest BCUT2D eigenvalue weighted by Gasteiger charge is -2.10. The molecule has 1 amide bonds. The molecular weight excluding hydrogens is 578 g/mol. The third kappa shape index (κ3) is 8.50. The number of azo groups is 1. The van der Waals surface area contributed by atoms with Crippen LogP contribution in [0.3, 0.4) is 0 Å². The molecule has 42 heavy (non-hydrogen) atoms. The fraction of sp³-hybridized carbons (Fsp3) is 0.0400. The maximum absolute atomic E-state index is 12.7. The molecule has 0 aliphatic carbocycles. The number of carbonyl (C=O) groups excluding carboxylic acids is 2. The number of rotatable bonds is 13. The van der Waals surface area contributed by atoms with Gasteiger partial charge in [-0.15, -0.1) is 4.33 Å². The Bertz CT molecular complexity index is 1570. The first-order valence-corrected chi connectivity index (χ1v) is 12.0. The molecule has 17 heteroatoms. The molecule has 16 nitrogen and oxygen atoms in total. The summed E-state index contributed by atoms with van der Waals surface area (Å²) in [7, 11) is 0. The Balaban J connectivity index is 1.81. The Morgan fingerprint density at radius 3 is 1.93 bits per heavy atom. The van der Waals surface area contributed by atoms with Crippen LogP contribution in [-0.4, -0.2) is 55.9 Å². The lowest BCUT2D eigenvalue weighted by molar-refractivity contribution is -0.432. The summed E-state index contributed by atoms with van der Waals surface area (Å²) in [6, 6.07) is 13.0. The second-order valence-corrected chi connectivity index (χ2v) is 8.72. The van der Waals surface area contributed by atoms with Gasteiger partial charge in [-0.1, -0.05) is 5.04 Å². The van der Waals surface area contributed by atoms with E-state index in [1.165, 1.54) is 18.2 Å². The predicted octanol–water partition coefficient (Wildman–Crippen LogP) is 4.62. The molecule has 0 aliphatic heterocycles. The normalized spacial score (nSPS) is 11.2. The Hall–Kier alpha value is -5.49. The number of nitrogens with zero attached hydrogens (tertiary/aromatic N) is 3. The smallest absolute Gasteiger partial charge is 0.337 e. The molecule has 216 valence electrons. The van der Waals surface area contributed by atoms with E-state index in [1.54, 1.807) is 24.3 Å². The number of hydrogen-bond acceptors (Lipinski definition) is 13. The molecule has 0 aliphatic rings. The number of amides is 1. The van der Waals surface area contributed by atoms with Crippen LogP contribution in [0.2, 0.25) is 0 Å². The minimum atomic E-state index is -1.45. The largest absolute Gasteiger partial charge is 0.478 e. The second kappa shape index (κ2) is 14.2. The minimum Gasteiger partial charge on any atom is -0.478 e. The van der Waals surface area contributed by atoms with E-state index in [-0.39, 0.29) is 22.6 Å². The van der Waals surface area contributed by atoms with Crippen molar-refractivity contribution in [3.8, 4) is 0 Å². The van der Waals surface area contributed by atoms with Gasteiger partial charge >= 0.3 is 17.9 Å². The first kappa shape index (κ1) is 31.0. The Morgan fingerprint density at radius 2 is 1.38 bits per heavy atom. The summed E-state index contributed by atoms with van der Waals surface area (Å²) in [5.74, 6) is -6.24. The van der Waals surface area contributed by atoms with Crippen LogP contribution in [0.25, 0.3) is 0 Å². The van der Waals surface area contributed by atoms with Gasteiger partial charge in [-0.25, -0.2) is 19.6 Å². The van der Waals surface area contributed by atoms with E-state index >= 15 is 0 Å². The SMILES string of the molecule is CC(=O)/C(=N\Nc1ccc(N=Nc2ccc(SOOO)cc2)cc1C(=O)O)C(=O)Nc1cc(C(=O)O)cc(C(=O)O)c1. The standard InChI is InChI=1S/C25H19N5O11S/c1-12(31)21(22(32)26-17-9-13(23(33)34)8-14(10-17)24(35)36)30-29-20-7-4-16(11-19(20)25(37)38)28-27-15-2-5-18(6-3-15)42-41-40-39/h2-11,29,39H,1H3,(H,26,32)(H,33,34)(H,35,36)(H,37,38)/b28-27?,30-21+. The molecule has 0 saturated heterocycles. The number of ketones is 1. The zero-order chi connectivity index (χ0) is 30.8. The Morgan fingerprint density at radius 1 is 0.786 bits per heavy atom. The number of carboxylic acids is 3. The van der Waals surface area contributed by atoms with Crippen LogP contribution >= 0.6 is 12.0 Å². The number of hydrogen-bond donors (Lipinski definition) is 6. The van der Waals surface area contributed by atoms with Crippen LogP contribution < -0.4 is 10.7 Å². The fourth-order valence-electron chi connectivity index (χ4n) is 3.15. The summed E-state index contributed by atoms with van der Waals surface area (Å²) in [6.07, 6.45) is 0. The highest BCUT2D eigenvalue weighted by atomic mass is 32.2. The van der Waals surface area contributed by atoms with Gasteiger partial charge in [0.1, 0.15) is 0 Å². The van der Waals surface area contributed by atoms with Crippen molar-refractivity contribution < 1.29 is 53.9 Å². The van der Waals surface area contributed by atoms with E-state index in [4.69, 9.17) is 5.26 Å². The molecule has 3 aromatic rings. The van der Waals surface area contributed by atoms with E-state index < -0.39 is 46.4 Å². The van der Waals surface area contributed by atoms with Crippen LogP contribution in [0, 0.1) is 0 Å². The number of Topliss-reactive ketones (excluding diaryl/α,β-unsaturated/α-hetero) is 1. The molecule has 0 atom stereocenters. The summed E-state index contributed by atoms with van der Waals surface area (Å²) >= 11 is 0.747. The quantitative estimate of drug-likeness (QED) is 0.0393. The first-order valence-electron chi connectivity index (χ1n) is 11.3. The van der Waals surface area contributed by atoms with Gasteiger partial charge in [-0.2, -0.15) is 15.3 Å². The maximum atomic E-state index is 12.7. The highest BCUT2D eigenvalue weighted by Crippen LogP contribution is 2.27. The molecular formula is C25H19N5O11S. The monoisotopic (exact) mass is 597 g/mol. The van der Waals surface area contributed by atoms with Gasteiger partial charge in [0.25, 0.3) is 5.91 Å². The topological polar surface area (TPSA) is 246 Å².